The molecule has 10 heavy (non-hydrogen) atoms. The molecule has 1 unspecified atom stereocenters. The summed E-state index contributed by atoms with van der Waals surface area (Å²) in [5, 5.41) is 8.80. The number of allylic oxidation sites excluding steroid dienone is 1. The summed E-state index contributed by atoms with van der Waals surface area (Å²) in [6.45, 7) is 5.31. The average molecular weight is 138 g/mol. The molecule has 0 bridgehead atoms. The van der Waals surface area contributed by atoms with Crippen LogP contribution in [0.5, 0.6) is 0 Å². The normalized spacial score (nSPS) is 11.4. The van der Waals surface area contributed by atoms with Crippen molar-refractivity contribution in [2.24, 2.45) is 0 Å². The van der Waals surface area contributed by atoms with E-state index in [4.69, 9.17) is 5.11 Å². The Balaban J connectivity index is 3.43. The maximum atomic E-state index is 8.80. The molecule has 0 aliphatic rings. The molecule has 0 aliphatic carbocycles. The first kappa shape index (κ1) is 9.22. The van der Waals surface area contributed by atoms with Crippen LogP contribution in [-0.2, 0) is 0 Å². The third-order valence-corrected chi connectivity index (χ3v) is 0.979. The van der Waals surface area contributed by atoms with Gasteiger partial charge in [-0.25, -0.2) is 0 Å². The second-order valence-electron chi connectivity index (χ2n) is 2.18. The van der Waals surface area contributed by atoms with Crippen molar-refractivity contribution in [3.05, 3.63) is 30.5 Å². The van der Waals surface area contributed by atoms with Crippen LogP contribution in [-0.4, -0.2) is 11.2 Å². The van der Waals surface area contributed by atoms with E-state index in [9.17, 15) is 0 Å². The standard InChI is InChI=1S/C9H14O/c1-3-4-5-6-7-8-9(2)10/h3,5,7,9-10H,1,4,8H2,2H3. The molecule has 0 saturated heterocycles. The zero-order valence-electron chi connectivity index (χ0n) is 6.38. The monoisotopic (exact) mass is 138 g/mol. The minimum atomic E-state index is -0.260. The number of hydrogen-bond acceptors (Lipinski definition) is 1. The lowest BCUT2D eigenvalue weighted by atomic mass is 10.3. The fourth-order valence-corrected chi connectivity index (χ4v) is 0.473. The van der Waals surface area contributed by atoms with Crippen LogP contribution in [0.4, 0.5) is 0 Å². The number of hydrogen-bond donors (Lipinski definition) is 1. The molecule has 0 fully saturated rings. The SMILES string of the molecule is C=CCC=C=CCC(C)O. The van der Waals surface area contributed by atoms with Gasteiger partial charge >= 0.3 is 0 Å². The van der Waals surface area contributed by atoms with Crippen LogP contribution in [0, 0.1) is 0 Å². The lowest BCUT2D eigenvalue weighted by Crippen LogP contribution is -1.94. The second kappa shape index (κ2) is 6.34. The molecule has 0 amide bonds. The quantitative estimate of drug-likeness (QED) is 0.465. The van der Waals surface area contributed by atoms with E-state index in [0.29, 0.717) is 6.42 Å². The topological polar surface area (TPSA) is 20.2 Å². The van der Waals surface area contributed by atoms with Crippen molar-refractivity contribution >= 4 is 0 Å². The molecule has 0 saturated carbocycles. The fourth-order valence-electron chi connectivity index (χ4n) is 0.473. The van der Waals surface area contributed by atoms with Gasteiger partial charge in [-0.2, -0.15) is 0 Å². The van der Waals surface area contributed by atoms with Gasteiger partial charge in [-0.1, -0.05) is 6.08 Å². The molecule has 1 atom stereocenters. The summed E-state index contributed by atoms with van der Waals surface area (Å²) >= 11 is 0. The average Bonchev–Trinajstić information content (AvgIpc) is 1.87. The summed E-state index contributed by atoms with van der Waals surface area (Å²) in [5.41, 5.74) is 2.94. The Bertz CT molecular complexity index is 139. The number of rotatable bonds is 4. The number of aliphatic hydroxyl groups excluding tert-OH is 1. The summed E-state index contributed by atoms with van der Waals surface area (Å²) in [4.78, 5) is 0. The Morgan fingerprint density at radius 3 is 2.80 bits per heavy atom. The summed E-state index contributed by atoms with van der Waals surface area (Å²) in [6.07, 6.45) is 6.78. The van der Waals surface area contributed by atoms with Crippen molar-refractivity contribution in [3.8, 4) is 0 Å². The van der Waals surface area contributed by atoms with Gasteiger partial charge in [0.1, 0.15) is 0 Å². The van der Waals surface area contributed by atoms with Gasteiger partial charge in [0.15, 0.2) is 0 Å². The molecule has 56 valence electrons. The lowest BCUT2D eigenvalue weighted by Gasteiger charge is -1.92. The molecule has 0 aromatic carbocycles. The first-order chi connectivity index (χ1) is 4.77. The molecule has 0 radical (unpaired) electrons. The van der Waals surface area contributed by atoms with Crippen molar-refractivity contribution in [2.75, 3.05) is 0 Å². The number of aliphatic hydroxyl groups is 1. The van der Waals surface area contributed by atoms with E-state index in [2.05, 4.69) is 12.3 Å². The van der Waals surface area contributed by atoms with E-state index in [1.807, 2.05) is 18.2 Å². The van der Waals surface area contributed by atoms with Crippen LogP contribution < -0.4 is 0 Å². The van der Waals surface area contributed by atoms with Crippen LogP contribution in [0.2, 0.25) is 0 Å². The van der Waals surface area contributed by atoms with Gasteiger partial charge in [-0.05, 0) is 31.9 Å². The highest BCUT2D eigenvalue weighted by Crippen LogP contribution is 1.89. The van der Waals surface area contributed by atoms with Gasteiger partial charge in [-0.15, -0.1) is 12.3 Å². The molecule has 1 N–H and O–H groups in total. The Morgan fingerprint density at radius 2 is 2.30 bits per heavy atom. The third-order valence-electron chi connectivity index (χ3n) is 0.979. The van der Waals surface area contributed by atoms with Crippen LogP contribution in [0.1, 0.15) is 19.8 Å². The highest BCUT2D eigenvalue weighted by molar-refractivity contribution is 4.90. The Labute approximate surface area is 62.4 Å². The van der Waals surface area contributed by atoms with Crippen molar-refractivity contribution < 1.29 is 5.11 Å². The molecule has 0 spiro atoms. The van der Waals surface area contributed by atoms with Crippen LogP contribution >= 0.6 is 0 Å². The van der Waals surface area contributed by atoms with Crippen molar-refractivity contribution in [2.45, 2.75) is 25.9 Å². The van der Waals surface area contributed by atoms with E-state index < -0.39 is 0 Å². The van der Waals surface area contributed by atoms with Gasteiger partial charge in [0.25, 0.3) is 0 Å². The molecule has 0 rings (SSSR count). The summed E-state index contributed by atoms with van der Waals surface area (Å²) in [5.74, 6) is 0. The molecule has 1 nitrogen and oxygen atoms in total. The van der Waals surface area contributed by atoms with Gasteiger partial charge in [0.05, 0.1) is 6.10 Å². The van der Waals surface area contributed by atoms with E-state index in [1.54, 1.807) is 6.92 Å². The molecule has 0 heterocycles. The van der Waals surface area contributed by atoms with Crippen molar-refractivity contribution in [1.82, 2.24) is 0 Å². The minimum absolute atomic E-state index is 0.260. The fraction of sp³-hybridized carbons (Fsp3) is 0.444. The van der Waals surface area contributed by atoms with Gasteiger partial charge < -0.3 is 5.11 Å². The Morgan fingerprint density at radius 1 is 1.60 bits per heavy atom. The minimum Gasteiger partial charge on any atom is -0.393 e. The molecule has 0 aromatic heterocycles. The lowest BCUT2D eigenvalue weighted by molar-refractivity contribution is 0.198. The van der Waals surface area contributed by atoms with Gasteiger partial charge in [-0.3, -0.25) is 0 Å². The maximum absolute atomic E-state index is 8.80. The smallest absolute Gasteiger partial charge is 0.0552 e. The molecule has 0 aromatic rings. The van der Waals surface area contributed by atoms with Crippen molar-refractivity contribution in [1.29, 1.82) is 0 Å². The predicted molar refractivity (Wildman–Crippen MR) is 43.8 cm³/mol. The zero-order chi connectivity index (χ0) is 7.82. The van der Waals surface area contributed by atoms with E-state index >= 15 is 0 Å². The highest BCUT2D eigenvalue weighted by atomic mass is 16.3. The molecular weight excluding hydrogens is 124 g/mol. The molecular formula is C9H14O. The molecule has 0 aliphatic heterocycles. The Kier molecular flexibility index (Phi) is 5.85. The van der Waals surface area contributed by atoms with Crippen LogP contribution in [0.3, 0.4) is 0 Å². The summed E-state index contributed by atoms with van der Waals surface area (Å²) in [6, 6.07) is 0. The van der Waals surface area contributed by atoms with Gasteiger partial charge in [0, 0.05) is 0 Å². The maximum Gasteiger partial charge on any atom is 0.0552 e. The summed E-state index contributed by atoms with van der Waals surface area (Å²) < 4.78 is 0. The van der Waals surface area contributed by atoms with E-state index in [-0.39, 0.29) is 6.10 Å². The Hall–Kier alpha value is -0.780. The van der Waals surface area contributed by atoms with Gasteiger partial charge in [0.2, 0.25) is 0 Å². The molecule has 1 heteroatoms. The first-order valence-electron chi connectivity index (χ1n) is 3.45. The highest BCUT2D eigenvalue weighted by Gasteiger charge is 1.86. The first-order valence-corrected chi connectivity index (χ1v) is 3.45. The predicted octanol–water partition coefficient (Wildman–Crippen LogP) is 2.04. The van der Waals surface area contributed by atoms with E-state index in [0.717, 1.165) is 6.42 Å². The van der Waals surface area contributed by atoms with Crippen LogP contribution in [0.15, 0.2) is 30.5 Å². The largest absolute Gasteiger partial charge is 0.393 e. The summed E-state index contributed by atoms with van der Waals surface area (Å²) in [7, 11) is 0. The van der Waals surface area contributed by atoms with Crippen LogP contribution in [0.25, 0.3) is 0 Å². The second-order valence-corrected chi connectivity index (χ2v) is 2.18. The van der Waals surface area contributed by atoms with E-state index in [1.165, 1.54) is 0 Å². The zero-order valence-corrected chi connectivity index (χ0v) is 6.38. The third kappa shape index (κ3) is 7.22. The van der Waals surface area contributed by atoms with Crippen molar-refractivity contribution in [3.63, 3.8) is 0 Å².